The first-order valence-corrected chi connectivity index (χ1v) is 11.4. The maximum absolute atomic E-state index is 12.9. The molecule has 2 heterocycles. The van der Waals surface area contributed by atoms with Gasteiger partial charge in [-0.05, 0) is 29.5 Å². The quantitative estimate of drug-likeness (QED) is 0.410. The first-order valence-electron chi connectivity index (χ1n) is 10.6. The summed E-state index contributed by atoms with van der Waals surface area (Å²) < 4.78 is 16.6. The highest BCUT2D eigenvalue weighted by Crippen LogP contribution is 2.35. The molecule has 1 amide bonds. The van der Waals surface area contributed by atoms with Gasteiger partial charge in [0.05, 0.1) is 20.8 Å². The third-order valence-corrected chi connectivity index (χ3v) is 5.55. The molecule has 0 saturated heterocycles. The average molecular weight is 488 g/mol. The van der Waals surface area contributed by atoms with E-state index in [-0.39, 0.29) is 47.7 Å². The van der Waals surface area contributed by atoms with Crippen LogP contribution in [-0.2, 0) is 5.41 Å². The van der Waals surface area contributed by atoms with Crippen LogP contribution in [0.2, 0.25) is 0 Å². The summed E-state index contributed by atoms with van der Waals surface area (Å²) in [5.74, 6) is 0.584. The van der Waals surface area contributed by atoms with E-state index in [1.807, 2.05) is 19.1 Å². The number of aliphatic hydroxyl groups excluding tert-OH is 1. The lowest BCUT2D eigenvalue weighted by Gasteiger charge is -2.20. The third-order valence-electron chi connectivity index (χ3n) is 4.83. The number of aryl methyl sites for hydroxylation is 1. The molecule has 34 heavy (non-hydrogen) atoms. The zero-order chi connectivity index (χ0) is 24.9. The van der Waals surface area contributed by atoms with E-state index in [0.717, 1.165) is 11.1 Å². The lowest BCUT2D eigenvalue weighted by molar-refractivity contribution is 0.102. The normalized spacial score (nSPS) is 11.1. The van der Waals surface area contributed by atoms with Gasteiger partial charge in [-0.25, -0.2) is 0 Å². The number of benzene rings is 1. The predicted octanol–water partition coefficient (Wildman–Crippen LogP) is 4.01. The molecule has 2 aromatic heterocycles. The number of nitrogens with one attached hydrogen (secondary N) is 2. The van der Waals surface area contributed by atoms with E-state index in [4.69, 9.17) is 19.3 Å². The molecular weight excluding hydrogens is 458 g/mol. The minimum absolute atomic E-state index is 0.0247. The molecular formula is C23H29N5O5S. The van der Waals surface area contributed by atoms with Crippen molar-refractivity contribution in [2.24, 2.45) is 0 Å². The Kier molecular flexibility index (Phi) is 7.90. The molecule has 3 aromatic rings. The van der Waals surface area contributed by atoms with Crippen LogP contribution in [0.4, 0.5) is 11.6 Å². The standard InChI is InChI=1S/C23H29N5O5S/c1-13-7-8-14(23(2,3)4)11-16(13)33-22-25-15(12-34-22)18(30)26-17-19(31-5)27-21(24-9-10-29)28-20(17)32-6/h7-8,11-12,29H,9-10H2,1-6H3,(H,26,30)(H,24,27,28). The van der Waals surface area contributed by atoms with Crippen LogP contribution < -0.4 is 24.8 Å². The molecule has 0 fully saturated rings. The Morgan fingerprint density at radius 2 is 1.79 bits per heavy atom. The predicted molar refractivity (Wildman–Crippen MR) is 131 cm³/mol. The van der Waals surface area contributed by atoms with Crippen molar-refractivity contribution in [1.29, 1.82) is 0 Å². The van der Waals surface area contributed by atoms with E-state index in [2.05, 4.69) is 52.4 Å². The Morgan fingerprint density at radius 3 is 2.38 bits per heavy atom. The number of thiazole rings is 1. The summed E-state index contributed by atoms with van der Waals surface area (Å²) in [6, 6.07) is 6.08. The number of ether oxygens (including phenoxy) is 3. The number of hydrogen-bond donors (Lipinski definition) is 3. The fourth-order valence-corrected chi connectivity index (χ4v) is 3.59. The Balaban J connectivity index is 1.80. The highest BCUT2D eigenvalue weighted by Gasteiger charge is 2.22. The molecule has 0 bridgehead atoms. The second-order valence-corrected chi connectivity index (χ2v) is 9.20. The van der Waals surface area contributed by atoms with Gasteiger partial charge in [0, 0.05) is 11.9 Å². The molecule has 0 saturated carbocycles. The van der Waals surface area contributed by atoms with Gasteiger partial charge in [0.2, 0.25) is 17.7 Å². The van der Waals surface area contributed by atoms with Gasteiger partial charge in [-0.15, -0.1) is 0 Å². The molecule has 182 valence electrons. The van der Waals surface area contributed by atoms with Crippen LogP contribution in [0.1, 0.15) is 42.4 Å². The highest BCUT2D eigenvalue weighted by atomic mass is 32.1. The second kappa shape index (κ2) is 10.7. The Bertz CT molecular complexity index is 1130. The monoisotopic (exact) mass is 487 g/mol. The van der Waals surface area contributed by atoms with Crippen LogP contribution in [0.25, 0.3) is 0 Å². The summed E-state index contributed by atoms with van der Waals surface area (Å²) in [5, 5.41) is 16.5. The topological polar surface area (TPSA) is 128 Å². The van der Waals surface area contributed by atoms with E-state index in [9.17, 15) is 4.79 Å². The van der Waals surface area contributed by atoms with Crippen molar-refractivity contribution in [1.82, 2.24) is 15.0 Å². The van der Waals surface area contributed by atoms with Gasteiger partial charge in [0.15, 0.2) is 5.69 Å². The van der Waals surface area contributed by atoms with E-state index in [0.29, 0.717) is 10.9 Å². The van der Waals surface area contributed by atoms with Crippen LogP contribution >= 0.6 is 11.3 Å². The molecule has 0 aliphatic rings. The van der Waals surface area contributed by atoms with Crippen LogP contribution in [0, 0.1) is 6.92 Å². The van der Waals surface area contributed by atoms with Crippen molar-refractivity contribution in [3.8, 4) is 22.7 Å². The van der Waals surface area contributed by atoms with Crippen LogP contribution in [0.15, 0.2) is 23.6 Å². The van der Waals surface area contributed by atoms with Crippen LogP contribution in [-0.4, -0.2) is 53.3 Å². The van der Waals surface area contributed by atoms with Crippen molar-refractivity contribution in [3.63, 3.8) is 0 Å². The van der Waals surface area contributed by atoms with E-state index in [1.165, 1.54) is 25.6 Å². The SMILES string of the molecule is COc1nc(NCCO)nc(OC)c1NC(=O)c1csc(Oc2cc(C(C)(C)C)ccc2C)n1. The summed E-state index contributed by atoms with van der Waals surface area (Å²) in [5.41, 5.74) is 2.41. The zero-order valence-electron chi connectivity index (χ0n) is 20.1. The maximum atomic E-state index is 12.9. The van der Waals surface area contributed by atoms with Gasteiger partial charge >= 0.3 is 0 Å². The number of amides is 1. The molecule has 10 nitrogen and oxygen atoms in total. The highest BCUT2D eigenvalue weighted by molar-refractivity contribution is 7.11. The lowest BCUT2D eigenvalue weighted by Crippen LogP contribution is -2.16. The van der Waals surface area contributed by atoms with Crippen molar-refractivity contribution in [2.75, 3.05) is 38.0 Å². The van der Waals surface area contributed by atoms with Gasteiger partial charge in [0.1, 0.15) is 11.4 Å². The van der Waals surface area contributed by atoms with E-state index >= 15 is 0 Å². The van der Waals surface area contributed by atoms with Gasteiger partial charge in [0.25, 0.3) is 11.1 Å². The minimum Gasteiger partial charge on any atom is -0.479 e. The Morgan fingerprint density at radius 1 is 1.12 bits per heavy atom. The minimum atomic E-state index is -0.498. The summed E-state index contributed by atoms with van der Waals surface area (Å²) in [7, 11) is 2.83. The average Bonchev–Trinajstić information content (AvgIpc) is 3.27. The molecule has 0 aliphatic carbocycles. The van der Waals surface area contributed by atoms with E-state index < -0.39 is 5.91 Å². The number of aliphatic hydroxyl groups is 1. The molecule has 0 radical (unpaired) electrons. The smallest absolute Gasteiger partial charge is 0.279 e. The molecule has 3 N–H and O–H groups in total. The van der Waals surface area contributed by atoms with E-state index in [1.54, 1.807) is 5.38 Å². The molecule has 0 spiro atoms. The Hall–Kier alpha value is -3.44. The first kappa shape index (κ1) is 25.2. The molecule has 11 heteroatoms. The number of aromatic nitrogens is 3. The molecule has 0 atom stereocenters. The van der Waals surface area contributed by atoms with Gasteiger partial charge in [-0.3, -0.25) is 4.79 Å². The number of rotatable bonds is 9. The summed E-state index contributed by atoms with van der Waals surface area (Å²) in [6.45, 7) is 8.51. The number of anilines is 2. The van der Waals surface area contributed by atoms with Crippen molar-refractivity contribution < 1.29 is 24.1 Å². The third kappa shape index (κ3) is 5.91. The summed E-state index contributed by atoms with van der Waals surface area (Å²) in [4.78, 5) is 25.6. The number of nitrogens with zero attached hydrogens (tertiary/aromatic N) is 3. The molecule has 0 unspecified atom stereocenters. The van der Waals surface area contributed by atoms with Crippen LogP contribution in [0.3, 0.4) is 0 Å². The second-order valence-electron chi connectivity index (χ2n) is 8.38. The molecule has 0 aliphatic heterocycles. The molecule has 1 aromatic carbocycles. The fraction of sp³-hybridized carbons (Fsp3) is 0.391. The van der Waals surface area contributed by atoms with Crippen molar-refractivity contribution >= 4 is 28.9 Å². The fourth-order valence-electron chi connectivity index (χ4n) is 2.93. The summed E-state index contributed by atoms with van der Waals surface area (Å²) in [6.07, 6.45) is 0. The number of carbonyl (C=O) groups excluding carboxylic acids is 1. The first-order chi connectivity index (χ1) is 16.2. The summed E-state index contributed by atoms with van der Waals surface area (Å²) >= 11 is 1.22. The zero-order valence-corrected chi connectivity index (χ0v) is 20.9. The lowest BCUT2D eigenvalue weighted by atomic mass is 9.86. The Labute approximate surface area is 202 Å². The number of methoxy groups -OCH3 is 2. The van der Waals surface area contributed by atoms with Gasteiger partial charge in [-0.1, -0.05) is 44.2 Å². The number of hydrogen-bond acceptors (Lipinski definition) is 10. The number of carbonyl (C=O) groups is 1. The van der Waals surface area contributed by atoms with Crippen LogP contribution in [0.5, 0.6) is 22.7 Å². The van der Waals surface area contributed by atoms with Gasteiger partial charge in [-0.2, -0.15) is 15.0 Å². The van der Waals surface area contributed by atoms with Crippen molar-refractivity contribution in [2.45, 2.75) is 33.1 Å². The maximum Gasteiger partial charge on any atom is 0.279 e. The van der Waals surface area contributed by atoms with Gasteiger partial charge < -0.3 is 30.0 Å². The van der Waals surface area contributed by atoms with Crippen molar-refractivity contribution in [3.05, 3.63) is 40.4 Å². The molecule has 3 rings (SSSR count). The largest absolute Gasteiger partial charge is 0.479 e.